The van der Waals surface area contributed by atoms with Gasteiger partial charge in [-0.25, -0.2) is 5.14 Å². The van der Waals surface area contributed by atoms with Crippen molar-refractivity contribution < 1.29 is 13.2 Å². The van der Waals surface area contributed by atoms with Gasteiger partial charge in [0.25, 0.3) is 10.2 Å². The van der Waals surface area contributed by atoms with Crippen molar-refractivity contribution in [2.45, 2.75) is 6.61 Å². The lowest BCUT2D eigenvalue weighted by atomic mass is 10.2. The van der Waals surface area contributed by atoms with Gasteiger partial charge >= 0.3 is 0 Å². The third kappa shape index (κ3) is 3.73. The Morgan fingerprint density at radius 3 is 2.79 bits per heavy atom. The first-order valence-corrected chi connectivity index (χ1v) is 5.44. The van der Waals surface area contributed by atoms with Crippen LogP contribution in [0.2, 0.25) is 0 Å². The van der Waals surface area contributed by atoms with Crippen molar-refractivity contribution in [3.8, 4) is 0 Å². The number of hydrogen-bond donors (Lipinski definition) is 2. The lowest BCUT2D eigenvalue weighted by Crippen LogP contribution is -2.21. The van der Waals surface area contributed by atoms with E-state index in [-0.39, 0.29) is 0 Å². The minimum Gasteiger partial charge on any atom is -0.380 e. The second-order valence-electron chi connectivity index (χ2n) is 2.78. The highest BCUT2D eigenvalue weighted by atomic mass is 32.2. The molecule has 5 nitrogen and oxygen atoms in total. The highest BCUT2D eigenvalue weighted by Crippen LogP contribution is 2.11. The van der Waals surface area contributed by atoms with Gasteiger partial charge in [0.1, 0.15) is 0 Å². The van der Waals surface area contributed by atoms with E-state index in [0.29, 0.717) is 12.3 Å². The van der Waals surface area contributed by atoms with Crippen LogP contribution in [0.1, 0.15) is 5.56 Å². The molecule has 1 rings (SSSR count). The van der Waals surface area contributed by atoms with Crippen molar-refractivity contribution in [1.82, 2.24) is 0 Å². The highest BCUT2D eigenvalue weighted by molar-refractivity contribution is 7.90. The Kier molecular flexibility index (Phi) is 3.45. The largest absolute Gasteiger partial charge is 0.380 e. The quantitative estimate of drug-likeness (QED) is 0.766. The summed E-state index contributed by atoms with van der Waals surface area (Å²) in [6, 6.07) is 6.83. The number of rotatable bonds is 4. The molecule has 0 aliphatic rings. The molecule has 0 atom stereocenters. The fourth-order valence-electron chi connectivity index (χ4n) is 1.06. The summed E-state index contributed by atoms with van der Waals surface area (Å²) in [5.41, 5.74) is 1.31. The number of ether oxygens (including phenoxy) is 1. The summed E-state index contributed by atoms with van der Waals surface area (Å²) in [6.45, 7) is 0.431. The maximum atomic E-state index is 10.7. The molecule has 1 aromatic carbocycles. The Hall–Kier alpha value is -1.11. The van der Waals surface area contributed by atoms with Gasteiger partial charge in [0, 0.05) is 7.11 Å². The average molecular weight is 216 g/mol. The van der Waals surface area contributed by atoms with Gasteiger partial charge in [0.2, 0.25) is 0 Å². The second kappa shape index (κ2) is 4.41. The monoisotopic (exact) mass is 216 g/mol. The van der Waals surface area contributed by atoms with Crippen LogP contribution in [0.15, 0.2) is 24.3 Å². The van der Waals surface area contributed by atoms with Crippen molar-refractivity contribution in [2.24, 2.45) is 5.14 Å². The fourth-order valence-corrected chi connectivity index (χ4v) is 1.51. The molecule has 14 heavy (non-hydrogen) atoms. The summed E-state index contributed by atoms with van der Waals surface area (Å²) in [7, 11) is -2.13. The first-order valence-electron chi connectivity index (χ1n) is 3.90. The van der Waals surface area contributed by atoms with Crippen LogP contribution in [0.25, 0.3) is 0 Å². The van der Waals surface area contributed by atoms with Crippen LogP contribution < -0.4 is 9.86 Å². The summed E-state index contributed by atoms with van der Waals surface area (Å²) in [4.78, 5) is 0. The van der Waals surface area contributed by atoms with Crippen LogP contribution in [0.3, 0.4) is 0 Å². The highest BCUT2D eigenvalue weighted by Gasteiger charge is 2.02. The fraction of sp³-hybridized carbons (Fsp3) is 0.250. The van der Waals surface area contributed by atoms with Crippen molar-refractivity contribution in [1.29, 1.82) is 0 Å². The van der Waals surface area contributed by atoms with Gasteiger partial charge in [-0.1, -0.05) is 12.1 Å². The lowest BCUT2D eigenvalue weighted by Gasteiger charge is -2.05. The summed E-state index contributed by atoms with van der Waals surface area (Å²) >= 11 is 0. The average Bonchev–Trinajstić information content (AvgIpc) is 2.02. The SMILES string of the molecule is COCc1cccc(NS(N)(=O)=O)c1. The van der Waals surface area contributed by atoms with E-state index in [9.17, 15) is 8.42 Å². The van der Waals surface area contributed by atoms with E-state index in [1.165, 1.54) is 0 Å². The molecule has 0 aliphatic carbocycles. The van der Waals surface area contributed by atoms with Gasteiger partial charge in [-0.05, 0) is 17.7 Å². The Bertz CT molecular complexity index is 403. The minimum absolute atomic E-state index is 0.431. The molecule has 78 valence electrons. The molecule has 0 aromatic heterocycles. The van der Waals surface area contributed by atoms with Crippen molar-refractivity contribution in [2.75, 3.05) is 11.8 Å². The van der Waals surface area contributed by atoms with E-state index in [0.717, 1.165) is 5.56 Å². The number of nitrogens with two attached hydrogens (primary N) is 1. The zero-order valence-electron chi connectivity index (χ0n) is 7.73. The molecule has 0 spiro atoms. The van der Waals surface area contributed by atoms with Crippen molar-refractivity contribution in [3.63, 3.8) is 0 Å². The molecule has 0 saturated heterocycles. The summed E-state index contributed by atoms with van der Waals surface area (Å²) in [5.74, 6) is 0. The summed E-state index contributed by atoms with van der Waals surface area (Å²) in [6.07, 6.45) is 0. The van der Waals surface area contributed by atoms with E-state index >= 15 is 0 Å². The number of hydrogen-bond acceptors (Lipinski definition) is 3. The minimum atomic E-state index is -3.70. The molecule has 6 heteroatoms. The molecule has 0 saturated carbocycles. The topological polar surface area (TPSA) is 81.4 Å². The smallest absolute Gasteiger partial charge is 0.296 e. The third-order valence-corrected chi connectivity index (χ3v) is 2.02. The van der Waals surface area contributed by atoms with E-state index in [1.807, 2.05) is 6.07 Å². The van der Waals surface area contributed by atoms with Crippen LogP contribution in [0.5, 0.6) is 0 Å². The number of methoxy groups -OCH3 is 1. The lowest BCUT2D eigenvalue weighted by molar-refractivity contribution is 0.185. The van der Waals surface area contributed by atoms with Crippen molar-refractivity contribution >= 4 is 15.9 Å². The molecule has 0 fully saturated rings. The third-order valence-electron chi connectivity index (χ3n) is 1.50. The molecule has 0 unspecified atom stereocenters. The maximum absolute atomic E-state index is 10.7. The predicted octanol–water partition coefficient (Wildman–Crippen LogP) is 0.448. The number of anilines is 1. The molecule has 3 N–H and O–H groups in total. The van der Waals surface area contributed by atoms with Crippen molar-refractivity contribution in [3.05, 3.63) is 29.8 Å². The van der Waals surface area contributed by atoms with Crippen LogP contribution in [-0.2, 0) is 21.6 Å². The van der Waals surface area contributed by atoms with Crippen LogP contribution >= 0.6 is 0 Å². The molecule has 0 aliphatic heterocycles. The normalized spacial score (nSPS) is 11.3. The Balaban J connectivity index is 2.83. The number of benzene rings is 1. The van der Waals surface area contributed by atoms with Gasteiger partial charge in [0.15, 0.2) is 0 Å². The van der Waals surface area contributed by atoms with E-state index in [4.69, 9.17) is 9.88 Å². The molecular weight excluding hydrogens is 204 g/mol. The Morgan fingerprint density at radius 2 is 2.21 bits per heavy atom. The van der Waals surface area contributed by atoms with E-state index in [2.05, 4.69) is 4.72 Å². The number of nitrogens with one attached hydrogen (secondary N) is 1. The first-order chi connectivity index (χ1) is 6.51. The van der Waals surface area contributed by atoms with Crippen LogP contribution in [0, 0.1) is 0 Å². The van der Waals surface area contributed by atoms with Gasteiger partial charge in [-0.2, -0.15) is 8.42 Å². The molecule has 0 heterocycles. The summed E-state index contributed by atoms with van der Waals surface area (Å²) < 4.78 is 28.5. The molecule has 0 bridgehead atoms. The zero-order chi connectivity index (χ0) is 10.6. The first kappa shape index (κ1) is 11.0. The van der Waals surface area contributed by atoms with Gasteiger partial charge in [0.05, 0.1) is 12.3 Å². The maximum Gasteiger partial charge on any atom is 0.296 e. The predicted molar refractivity (Wildman–Crippen MR) is 53.9 cm³/mol. The van der Waals surface area contributed by atoms with E-state index in [1.54, 1.807) is 25.3 Å². The van der Waals surface area contributed by atoms with Gasteiger partial charge in [-0.3, -0.25) is 4.72 Å². The van der Waals surface area contributed by atoms with E-state index < -0.39 is 10.2 Å². The second-order valence-corrected chi connectivity index (χ2v) is 4.07. The molecule has 0 radical (unpaired) electrons. The Labute approximate surface area is 83.1 Å². The zero-order valence-corrected chi connectivity index (χ0v) is 8.54. The molecule has 1 aromatic rings. The van der Waals surface area contributed by atoms with Crippen LogP contribution in [-0.4, -0.2) is 15.5 Å². The standard InChI is InChI=1S/C8H12N2O3S/c1-13-6-7-3-2-4-8(5-7)10-14(9,11)12/h2-5,10H,6H2,1H3,(H2,9,11,12). The van der Waals surface area contributed by atoms with Gasteiger partial charge < -0.3 is 4.74 Å². The molecular formula is C8H12N2O3S. The molecule has 0 amide bonds. The Morgan fingerprint density at radius 1 is 1.50 bits per heavy atom. The van der Waals surface area contributed by atoms with Gasteiger partial charge in [-0.15, -0.1) is 0 Å². The van der Waals surface area contributed by atoms with Crippen LogP contribution in [0.4, 0.5) is 5.69 Å². The summed E-state index contributed by atoms with van der Waals surface area (Å²) in [5, 5.41) is 4.82.